The van der Waals surface area contributed by atoms with Gasteiger partial charge in [-0.25, -0.2) is 0 Å². The molecule has 0 spiro atoms. The molecule has 8 heteroatoms. The Morgan fingerprint density at radius 3 is 0.953 bits per heavy atom. The summed E-state index contributed by atoms with van der Waals surface area (Å²) in [7, 11) is 0. The van der Waals surface area contributed by atoms with E-state index in [0.29, 0.717) is 6.61 Å². The van der Waals surface area contributed by atoms with Crippen LogP contribution in [0.3, 0.4) is 0 Å². The molecule has 1 aliphatic rings. The Labute approximate surface area is 373 Å². The van der Waals surface area contributed by atoms with E-state index in [1.54, 1.807) is 36.4 Å². The van der Waals surface area contributed by atoms with Crippen LogP contribution in [0.25, 0.3) is 22.3 Å². The number of aromatic hydroxyl groups is 3. The number of benzene rings is 4. The van der Waals surface area contributed by atoms with E-state index >= 15 is 0 Å². The number of rotatable bonds is 16. The molecule has 7 N–H and O–H groups in total. The van der Waals surface area contributed by atoms with Gasteiger partial charge in [-0.2, -0.15) is 0 Å². The fraction of sp³-hybridized carbons (Fsp3) is 0.214. The van der Waals surface area contributed by atoms with Crippen molar-refractivity contribution in [3.63, 3.8) is 0 Å². The molecule has 4 aromatic carbocycles. The summed E-state index contributed by atoms with van der Waals surface area (Å²) >= 11 is 0. The average Bonchev–Trinajstić information content (AvgIpc) is 4.16. The molecule has 0 unspecified atom stereocenters. The van der Waals surface area contributed by atoms with E-state index < -0.39 is 0 Å². The van der Waals surface area contributed by atoms with E-state index in [9.17, 15) is 15.3 Å². The Bertz CT molecular complexity index is 3070. The van der Waals surface area contributed by atoms with E-state index in [0.717, 1.165) is 101 Å². The van der Waals surface area contributed by atoms with Crippen molar-refractivity contribution in [3.8, 4) is 23.0 Å². The van der Waals surface area contributed by atoms with Gasteiger partial charge < -0.3 is 40.0 Å². The monoisotopic (exact) mass is 848 g/mol. The van der Waals surface area contributed by atoms with E-state index in [1.807, 2.05) is 36.4 Å². The van der Waals surface area contributed by atoms with Crippen LogP contribution in [0.5, 0.6) is 23.0 Å². The maximum absolute atomic E-state index is 10.3. The van der Waals surface area contributed by atoms with Crippen molar-refractivity contribution in [2.24, 2.45) is 0 Å². The Morgan fingerprint density at radius 1 is 0.328 bits per heavy atom. The number of hydrogen-bond donors (Lipinski definition) is 7. The van der Waals surface area contributed by atoms with Gasteiger partial charge in [0.2, 0.25) is 0 Å². The van der Waals surface area contributed by atoms with Crippen molar-refractivity contribution in [1.82, 2.24) is 19.9 Å². The second kappa shape index (κ2) is 19.4. The van der Waals surface area contributed by atoms with Crippen molar-refractivity contribution in [1.29, 1.82) is 0 Å². The summed E-state index contributed by atoms with van der Waals surface area (Å²) in [6, 6.07) is 47.0. The number of phenolic OH excluding ortho intramolecular Hbond substituents is 3. The van der Waals surface area contributed by atoms with Gasteiger partial charge in [0, 0.05) is 66.5 Å². The molecule has 9 rings (SSSR count). The predicted molar refractivity (Wildman–Crippen MR) is 256 cm³/mol. The second-order valence-electron chi connectivity index (χ2n) is 16.8. The summed E-state index contributed by atoms with van der Waals surface area (Å²) in [5, 5.41) is 34.5. The molecule has 8 bridgehead atoms. The van der Waals surface area contributed by atoms with Crippen LogP contribution in [0.15, 0.2) is 146 Å². The van der Waals surface area contributed by atoms with Gasteiger partial charge in [-0.05, 0) is 126 Å². The highest BCUT2D eigenvalue weighted by molar-refractivity contribution is 5.85. The van der Waals surface area contributed by atoms with Crippen LogP contribution >= 0.6 is 0 Å². The maximum Gasteiger partial charge on any atom is 0.119 e. The molecule has 8 nitrogen and oxygen atoms in total. The van der Waals surface area contributed by atoms with Crippen LogP contribution in [0.2, 0.25) is 0 Å². The lowest BCUT2D eigenvalue weighted by Gasteiger charge is -2.11. The second-order valence-corrected chi connectivity index (χ2v) is 16.8. The van der Waals surface area contributed by atoms with Crippen LogP contribution in [0.1, 0.15) is 116 Å². The van der Waals surface area contributed by atoms with Gasteiger partial charge in [0.05, 0.1) is 6.61 Å². The summed E-state index contributed by atoms with van der Waals surface area (Å²) in [4.78, 5) is 15.1. The number of hydrogen-bond acceptors (Lipinski definition) is 4. The molecular formula is C56H56N4O4. The number of H-pyrrole nitrogens is 4. The largest absolute Gasteiger partial charge is 0.508 e. The lowest BCUT2D eigenvalue weighted by molar-refractivity contribution is 0.304. The fourth-order valence-electron chi connectivity index (χ4n) is 8.95. The minimum atomic E-state index is 0.188. The number of phenols is 3. The van der Waals surface area contributed by atoms with Gasteiger partial charge in [0.25, 0.3) is 0 Å². The minimum Gasteiger partial charge on any atom is -0.508 e. The molecule has 0 amide bonds. The molecule has 1 aliphatic heterocycles. The van der Waals surface area contributed by atoms with Gasteiger partial charge in [0.15, 0.2) is 0 Å². The van der Waals surface area contributed by atoms with Crippen molar-refractivity contribution in [2.75, 3.05) is 6.61 Å². The molecule has 0 radical (unpaired) electrons. The summed E-state index contributed by atoms with van der Waals surface area (Å²) in [5.41, 5.74) is 11.1. The SMILES string of the molecule is CCCCCCCCCCCCOc1ccc(C2=c3ccc([nH]3)=C(c3ccc(O)cc3)c3ccc([nH]3)C(c3ccc(O)cc3)=c3ccc([nH]3)=C(c3ccc(O)cc3)c3ccc2[nH]3)cc1. The number of aromatic nitrogens is 4. The van der Waals surface area contributed by atoms with Gasteiger partial charge in [-0.3, -0.25) is 0 Å². The van der Waals surface area contributed by atoms with E-state index in [-0.39, 0.29) is 17.2 Å². The van der Waals surface area contributed by atoms with Gasteiger partial charge in [-0.15, -0.1) is 0 Å². The highest BCUT2D eigenvalue weighted by Crippen LogP contribution is 2.30. The third-order valence-electron chi connectivity index (χ3n) is 12.3. The lowest BCUT2D eigenvalue weighted by Crippen LogP contribution is -2.19. The van der Waals surface area contributed by atoms with Crippen LogP contribution in [0.4, 0.5) is 0 Å². The quantitative estimate of drug-likeness (QED) is 0.0488. The average molecular weight is 849 g/mol. The van der Waals surface area contributed by atoms with Crippen LogP contribution < -0.4 is 26.1 Å². The van der Waals surface area contributed by atoms with Gasteiger partial charge in [0.1, 0.15) is 23.0 Å². The predicted octanol–water partition coefficient (Wildman–Crippen LogP) is 9.72. The van der Waals surface area contributed by atoms with E-state index in [4.69, 9.17) is 4.74 Å². The summed E-state index contributed by atoms with van der Waals surface area (Å²) in [6.07, 6.45) is 12.9. The van der Waals surface area contributed by atoms with Crippen molar-refractivity contribution < 1.29 is 20.1 Å². The zero-order valence-corrected chi connectivity index (χ0v) is 36.4. The van der Waals surface area contributed by atoms with Crippen LogP contribution in [0, 0.1) is 0 Å². The first-order valence-corrected chi connectivity index (χ1v) is 22.8. The zero-order valence-electron chi connectivity index (χ0n) is 36.4. The molecule has 0 atom stereocenters. The summed E-state index contributed by atoms with van der Waals surface area (Å²) < 4.78 is 6.26. The fourth-order valence-corrected chi connectivity index (χ4v) is 8.95. The topological polar surface area (TPSA) is 133 Å². The smallest absolute Gasteiger partial charge is 0.119 e. The third-order valence-corrected chi connectivity index (χ3v) is 12.3. The molecule has 8 aromatic rings. The zero-order chi connectivity index (χ0) is 43.8. The first kappa shape index (κ1) is 42.0. The number of aromatic amines is 4. The highest BCUT2D eigenvalue weighted by atomic mass is 16.5. The standard InChI is InChI=1S/C56H56N4O4/c1-2-3-4-5-6-7-8-9-10-11-36-64-44-26-18-40(19-27-44)56-51-34-32-49(59-51)54(38-14-22-42(62)23-15-38)47-30-28-45(57-47)53(37-12-20-41(61)21-13-37)46-29-31-48(58-46)55(50-33-35-52(56)60-50)39-16-24-43(63)25-17-39/h12-35,57-63H,2-11,36H2,1H3. The number of unbranched alkanes of at least 4 members (excludes halogenated alkanes) is 9. The van der Waals surface area contributed by atoms with E-state index in [1.165, 1.54) is 57.8 Å². The molecule has 5 heterocycles. The molecule has 0 saturated heterocycles. The molecule has 0 saturated carbocycles. The normalized spacial score (nSPS) is 12.6. The van der Waals surface area contributed by atoms with Crippen molar-refractivity contribution in [2.45, 2.75) is 71.1 Å². The van der Waals surface area contributed by atoms with Crippen molar-refractivity contribution >= 4 is 22.3 Å². The lowest BCUT2D eigenvalue weighted by atomic mass is 10.0. The Hall–Kier alpha value is -7.32. The third kappa shape index (κ3) is 9.37. The Balaban J connectivity index is 1.15. The maximum atomic E-state index is 10.3. The molecule has 0 aliphatic carbocycles. The Kier molecular flexibility index (Phi) is 12.7. The molecule has 4 aromatic heterocycles. The summed E-state index contributed by atoms with van der Waals surface area (Å²) in [6.45, 7) is 2.97. The molecule has 324 valence electrons. The minimum absolute atomic E-state index is 0.188. The van der Waals surface area contributed by atoms with Crippen LogP contribution in [-0.2, 0) is 0 Å². The first-order chi connectivity index (χ1) is 31.4. The Morgan fingerprint density at radius 2 is 0.625 bits per heavy atom. The van der Waals surface area contributed by atoms with Gasteiger partial charge in [-0.1, -0.05) is 113 Å². The van der Waals surface area contributed by atoms with Crippen molar-refractivity contribution in [3.05, 3.63) is 212 Å². The number of ether oxygens (including phenoxy) is 1. The number of fused-ring (bicyclic) bond motifs is 8. The van der Waals surface area contributed by atoms with Crippen LogP contribution in [-0.4, -0.2) is 41.9 Å². The van der Waals surface area contributed by atoms with E-state index in [2.05, 4.69) is 99.7 Å². The van der Waals surface area contributed by atoms with Gasteiger partial charge >= 0.3 is 0 Å². The number of nitrogens with one attached hydrogen (secondary N) is 4. The highest BCUT2D eigenvalue weighted by Gasteiger charge is 2.19. The molecule has 64 heavy (non-hydrogen) atoms. The summed E-state index contributed by atoms with van der Waals surface area (Å²) in [5.74, 6) is 1.43. The first-order valence-electron chi connectivity index (χ1n) is 22.8. The molecular weight excluding hydrogens is 793 g/mol. The molecule has 0 fully saturated rings.